The molecular formula is C18H17N3OS. The van der Waals surface area contributed by atoms with Crippen LogP contribution in [0.1, 0.15) is 18.5 Å². The van der Waals surface area contributed by atoms with Crippen molar-refractivity contribution in [1.82, 2.24) is 0 Å². The van der Waals surface area contributed by atoms with Crippen molar-refractivity contribution in [3.8, 4) is 0 Å². The fourth-order valence-electron chi connectivity index (χ4n) is 2.27. The number of hydrazone groups is 1. The van der Waals surface area contributed by atoms with Crippen molar-refractivity contribution >= 4 is 34.0 Å². The van der Waals surface area contributed by atoms with Crippen LogP contribution in [0.2, 0.25) is 0 Å². The lowest BCUT2D eigenvalue weighted by Crippen LogP contribution is -2.17. The number of rotatable bonds is 4. The van der Waals surface area contributed by atoms with E-state index in [1.807, 2.05) is 67.6 Å². The third kappa shape index (κ3) is 3.87. The smallest absolute Gasteiger partial charge is 0.241 e. The van der Waals surface area contributed by atoms with Gasteiger partial charge in [0.25, 0.3) is 0 Å². The Balaban J connectivity index is 1.80. The Morgan fingerprint density at radius 2 is 1.70 bits per heavy atom. The molecule has 116 valence electrons. The van der Waals surface area contributed by atoms with E-state index in [0.29, 0.717) is 11.5 Å². The summed E-state index contributed by atoms with van der Waals surface area (Å²) in [6.45, 7) is 2.03. The fraction of sp³-hybridized carbons (Fsp3) is 0.167. The second-order valence-corrected chi connectivity index (χ2v) is 6.12. The Kier molecular flexibility index (Phi) is 4.88. The molecule has 0 radical (unpaired) electrons. The first kappa shape index (κ1) is 15.5. The highest BCUT2D eigenvalue weighted by molar-refractivity contribution is 8.17. The van der Waals surface area contributed by atoms with Crippen molar-refractivity contribution in [2.24, 2.45) is 10.1 Å². The highest BCUT2D eigenvalue weighted by Gasteiger charge is 2.28. The van der Waals surface area contributed by atoms with Crippen molar-refractivity contribution in [1.29, 1.82) is 0 Å². The molecule has 1 aliphatic rings. The van der Waals surface area contributed by atoms with E-state index in [1.54, 1.807) is 0 Å². The summed E-state index contributed by atoms with van der Waals surface area (Å²) < 4.78 is 0. The van der Waals surface area contributed by atoms with Crippen molar-refractivity contribution in [3.05, 3.63) is 66.2 Å². The Hall–Kier alpha value is -2.40. The maximum absolute atomic E-state index is 12.0. The summed E-state index contributed by atoms with van der Waals surface area (Å²) in [6, 6.07) is 19.6. The average Bonchev–Trinajstić information content (AvgIpc) is 2.94. The molecule has 0 spiro atoms. The molecule has 0 amide bonds. The second kappa shape index (κ2) is 7.24. The minimum atomic E-state index is -0.0348. The topological polar surface area (TPSA) is 53.8 Å². The first-order chi connectivity index (χ1) is 11.2. The van der Waals surface area contributed by atoms with Crippen molar-refractivity contribution in [2.75, 3.05) is 11.2 Å². The van der Waals surface area contributed by atoms with Crippen LogP contribution in [0, 0.1) is 0 Å². The van der Waals surface area contributed by atoms with Crippen LogP contribution in [-0.2, 0) is 4.79 Å². The minimum Gasteiger partial charge on any atom is -0.280 e. The van der Waals surface area contributed by atoms with E-state index in [9.17, 15) is 4.79 Å². The van der Waals surface area contributed by atoms with Crippen molar-refractivity contribution < 1.29 is 4.79 Å². The molecule has 0 unspecified atom stereocenters. The van der Waals surface area contributed by atoms with E-state index >= 15 is 0 Å². The normalized spacial score (nSPS) is 19.3. The monoisotopic (exact) mass is 323 g/mol. The van der Waals surface area contributed by atoms with Gasteiger partial charge in [0.1, 0.15) is 0 Å². The van der Waals surface area contributed by atoms with Gasteiger partial charge in [-0.2, -0.15) is 5.10 Å². The van der Waals surface area contributed by atoms with Crippen LogP contribution in [0.15, 0.2) is 70.8 Å². The highest BCUT2D eigenvalue weighted by atomic mass is 32.2. The number of hydrogen-bond donors (Lipinski definition) is 1. The number of nitrogens with one attached hydrogen (secondary N) is 1. The number of anilines is 1. The van der Waals surface area contributed by atoms with Crippen LogP contribution in [0.4, 0.5) is 5.69 Å². The molecule has 3 rings (SSSR count). The summed E-state index contributed by atoms with van der Waals surface area (Å²) in [5.41, 5.74) is 6.07. The zero-order chi connectivity index (χ0) is 16.1. The molecule has 0 aromatic heterocycles. The SMILES string of the molecule is C[C@H](N=C1CSC(=O)/C1=N\Nc1ccccc1)c1ccccc1. The standard InChI is InChI=1S/C18H17N3OS/c1-13(14-8-4-2-5-9-14)19-16-12-23-18(22)17(16)21-20-15-10-6-3-7-11-15/h2-11,13,20H,12H2,1H3/b19-16?,21-17-/t13-/m0/s1. The molecule has 2 aromatic carbocycles. The first-order valence-corrected chi connectivity index (χ1v) is 8.40. The molecule has 0 aliphatic carbocycles. The molecule has 1 heterocycles. The zero-order valence-corrected chi connectivity index (χ0v) is 13.6. The molecule has 1 N–H and O–H groups in total. The molecule has 5 heteroatoms. The number of carbonyl (C=O) groups is 1. The third-order valence-electron chi connectivity index (χ3n) is 3.51. The molecule has 0 bridgehead atoms. The van der Waals surface area contributed by atoms with E-state index in [-0.39, 0.29) is 11.2 Å². The van der Waals surface area contributed by atoms with E-state index in [1.165, 1.54) is 11.8 Å². The Bertz CT molecular complexity index is 741. The molecule has 4 nitrogen and oxygen atoms in total. The van der Waals surface area contributed by atoms with E-state index < -0.39 is 0 Å². The molecule has 1 atom stereocenters. The number of para-hydroxylation sites is 1. The summed E-state index contributed by atoms with van der Waals surface area (Å²) in [5.74, 6) is 0.575. The van der Waals surface area contributed by atoms with Gasteiger partial charge in [0, 0.05) is 5.75 Å². The lowest BCUT2D eigenvalue weighted by Gasteiger charge is -2.08. The number of benzene rings is 2. The highest BCUT2D eigenvalue weighted by Crippen LogP contribution is 2.22. The summed E-state index contributed by atoms with van der Waals surface area (Å²) in [6.07, 6.45) is 0. The van der Waals surface area contributed by atoms with E-state index in [4.69, 9.17) is 4.99 Å². The Morgan fingerprint density at radius 3 is 2.39 bits per heavy atom. The number of carbonyl (C=O) groups excluding carboxylic acids is 1. The van der Waals surface area contributed by atoms with Crippen LogP contribution in [0.25, 0.3) is 0 Å². The van der Waals surface area contributed by atoms with Crippen LogP contribution < -0.4 is 5.43 Å². The number of hydrogen-bond acceptors (Lipinski definition) is 5. The van der Waals surface area contributed by atoms with Crippen LogP contribution in [0.3, 0.4) is 0 Å². The molecule has 1 fully saturated rings. The van der Waals surface area contributed by atoms with Gasteiger partial charge in [0.2, 0.25) is 5.12 Å². The molecule has 0 saturated carbocycles. The molecule has 1 saturated heterocycles. The summed E-state index contributed by atoms with van der Waals surface area (Å²) in [5, 5.41) is 4.23. The van der Waals surface area contributed by atoms with Gasteiger partial charge in [-0.1, -0.05) is 60.3 Å². The fourth-order valence-corrected chi connectivity index (χ4v) is 3.05. The second-order valence-electron chi connectivity index (χ2n) is 5.18. The van der Waals surface area contributed by atoms with Crippen molar-refractivity contribution in [3.63, 3.8) is 0 Å². The number of aliphatic imine (C=N–C) groups is 1. The van der Waals surface area contributed by atoms with Crippen LogP contribution in [-0.4, -0.2) is 22.3 Å². The summed E-state index contributed by atoms with van der Waals surface area (Å²) in [7, 11) is 0. The van der Waals surface area contributed by atoms with Gasteiger partial charge in [-0.15, -0.1) is 0 Å². The first-order valence-electron chi connectivity index (χ1n) is 7.42. The van der Waals surface area contributed by atoms with Gasteiger partial charge in [-0.25, -0.2) is 0 Å². The van der Waals surface area contributed by atoms with Gasteiger partial charge in [0.05, 0.1) is 17.4 Å². The van der Waals surface area contributed by atoms with Crippen LogP contribution >= 0.6 is 11.8 Å². The summed E-state index contributed by atoms with van der Waals surface area (Å²) in [4.78, 5) is 16.7. The van der Waals surface area contributed by atoms with Crippen molar-refractivity contribution in [2.45, 2.75) is 13.0 Å². The van der Waals surface area contributed by atoms with Gasteiger partial charge in [0.15, 0.2) is 5.71 Å². The van der Waals surface area contributed by atoms with Gasteiger partial charge >= 0.3 is 0 Å². The maximum atomic E-state index is 12.0. The minimum absolute atomic E-state index is 0.000347. The number of nitrogens with zero attached hydrogens (tertiary/aromatic N) is 2. The largest absolute Gasteiger partial charge is 0.280 e. The Morgan fingerprint density at radius 1 is 1.04 bits per heavy atom. The van der Waals surface area contributed by atoms with Gasteiger partial charge < -0.3 is 0 Å². The average molecular weight is 323 g/mol. The molecule has 1 aliphatic heterocycles. The third-order valence-corrected chi connectivity index (χ3v) is 4.38. The van der Waals surface area contributed by atoms with Gasteiger partial charge in [-0.3, -0.25) is 15.2 Å². The van der Waals surface area contributed by atoms with E-state index in [0.717, 1.165) is 17.0 Å². The van der Waals surface area contributed by atoms with E-state index in [2.05, 4.69) is 10.5 Å². The maximum Gasteiger partial charge on any atom is 0.241 e. The Labute approximate surface area is 139 Å². The van der Waals surface area contributed by atoms with Gasteiger partial charge in [-0.05, 0) is 24.6 Å². The molecule has 2 aromatic rings. The lowest BCUT2D eigenvalue weighted by molar-refractivity contribution is -0.105. The molecule has 23 heavy (non-hydrogen) atoms. The zero-order valence-electron chi connectivity index (χ0n) is 12.8. The summed E-state index contributed by atoms with van der Waals surface area (Å²) >= 11 is 1.25. The molecular weight excluding hydrogens is 306 g/mol. The predicted molar refractivity (Wildman–Crippen MR) is 97.3 cm³/mol. The number of thioether (sulfide) groups is 1. The quantitative estimate of drug-likeness (QED) is 0.867. The van der Waals surface area contributed by atoms with Crippen LogP contribution in [0.5, 0.6) is 0 Å². The lowest BCUT2D eigenvalue weighted by atomic mass is 10.1. The predicted octanol–water partition coefficient (Wildman–Crippen LogP) is 3.93.